The second-order valence-corrected chi connectivity index (χ2v) is 6.10. The summed E-state index contributed by atoms with van der Waals surface area (Å²) < 4.78 is 5.12. The number of nitrogens with one attached hydrogen (secondary N) is 2. The van der Waals surface area contributed by atoms with Crippen LogP contribution in [0.1, 0.15) is 32.0 Å². The average molecular weight is 287 g/mol. The summed E-state index contributed by atoms with van der Waals surface area (Å²) in [4.78, 5) is 11.9. The van der Waals surface area contributed by atoms with Crippen molar-refractivity contribution in [3.8, 4) is 0 Å². The number of aromatic nitrogens is 1. The molecule has 112 valence electrons. The van der Waals surface area contributed by atoms with E-state index in [4.69, 9.17) is 4.52 Å². The first-order valence-electron chi connectivity index (χ1n) is 6.92. The summed E-state index contributed by atoms with van der Waals surface area (Å²) >= 11 is 0. The molecule has 2 N–H and O–H groups in total. The highest BCUT2D eigenvalue weighted by Crippen LogP contribution is 2.23. The molecular weight excluding hydrogens is 266 g/mol. The van der Waals surface area contributed by atoms with Gasteiger partial charge in [0.1, 0.15) is 0 Å². The lowest BCUT2D eigenvalue weighted by atomic mass is 9.92. The summed E-state index contributed by atoms with van der Waals surface area (Å²) in [5, 5.41) is 9.72. The molecule has 0 spiro atoms. The van der Waals surface area contributed by atoms with E-state index < -0.39 is 0 Å². The summed E-state index contributed by atoms with van der Waals surface area (Å²) in [6.07, 6.45) is 0. The number of benzene rings is 1. The molecular formula is C16H21N3O2. The molecule has 0 aliphatic heterocycles. The SMILES string of the molecule is Cc1cccc(NCC(=O)Nc2cc(C(C)(C)C)no2)c1. The number of carbonyl (C=O) groups is 1. The largest absolute Gasteiger partial charge is 0.376 e. The van der Waals surface area contributed by atoms with Crippen LogP contribution in [0.25, 0.3) is 0 Å². The van der Waals surface area contributed by atoms with Crippen molar-refractivity contribution in [2.75, 3.05) is 17.2 Å². The van der Waals surface area contributed by atoms with E-state index >= 15 is 0 Å². The van der Waals surface area contributed by atoms with Crippen LogP contribution in [0.2, 0.25) is 0 Å². The lowest BCUT2D eigenvalue weighted by Gasteiger charge is -2.12. The quantitative estimate of drug-likeness (QED) is 0.905. The van der Waals surface area contributed by atoms with Crippen LogP contribution in [0.15, 0.2) is 34.9 Å². The zero-order chi connectivity index (χ0) is 15.5. The van der Waals surface area contributed by atoms with Gasteiger partial charge in [0.25, 0.3) is 0 Å². The van der Waals surface area contributed by atoms with E-state index in [-0.39, 0.29) is 17.9 Å². The van der Waals surface area contributed by atoms with Crippen molar-refractivity contribution in [2.45, 2.75) is 33.1 Å². The van der Waals surface area contributed by atoms with Gasteiger partial charge in [0, 0.05) is 17.2 Å². The van der Waals surface area contributed by atoms with Crippen LogP contribution < -0.4 is 10.6 Å². The maximum atomic E-state index is 11.9. The Bertz CT molecular complexity index is 626. The van der Waals surface area contributed by atoms with Crippen LogP contribution in [0.3, 0.4) is 0 Å². The van der Waals surface area contributed by atoms with Crippen molar-refractivity contribution in [3.05, 3.63) is 41.6 Å². The molecule has 0 radical (unpaired) electrons. The predicted molar refractivity (Wildman–Crippen MR) is 83.5 cm³/mol. The van der Waals surface area contributed by atoms with Crippen LogP contribution >= 0.6 is 0 Å². The molecule has 0 atom stereocenters. The fourth-order valence-corrected chi connectivity index (χ4v) is 1.81. The van der Waals surface area contributed by atoms with Gasteiger partial charge in [0.2, 0.25) is 11.8 Å². The number of hydrogen-bond acceptors (Lipinski definition) is 4. The maximum Gasteiger partial charge on any atom is 0.246 e. The predicted octanol–water partition coefficient (Wildman–Crippen LogP) is 3.33. The third kappa shape index (κ3) is 4.34. The molecule has 2 aromatic rings. The summed E-state index contributed by atoms with van der Waals surface area (Å²) in [6, 6.07) is 9.62. The molecule has 0 unspecified atom stereocenters. The molecule has 1 aromatic carbocycles. The Kier molecular flexibility index (Phi) is 4.31. The minimum absolute atomic E-state index is 0.105. The number of anilines is 2. The van der Waals surface area contributed by atoms with Crippen LogP contribution in [0.4, 0.5) is 11.6 Å². The molecule has 5 heteroatoms. The lowest BCUT2D eigenvalue weighted by Crippen LogP contribution is -2.21. The molecule has 0 fully saturated rings. The van der Waals surface area contributed by atoms with Crippen molar-refractivity contribution in [2.24, 2.45) is 0 Å². The Morgan fingerprint density at radius 3 is 2.67 bits per heavy atom. The number of aryl methyl sites for hydroxylation is 1. The van der Waals surface area contributed by atoms with E-state index in [2.05, 4.69) is 15.8 Å². The van der Waals surface area contributed by atoms with Gasteiger partial charge in [-0.3, -0.25) is 10.1 Å². The molecule has 1 amide bonds. The minimum Gasteiger partial charge on any atom is -0.376 e. The number of nitrogens with zero attached hydrogens (tertiary/aromatic N) is 1. The van der Waals surface area contributed by atoms with Crippen LogP contribution in [0.5, 0.6) is 0 Å². The summed E-state index contributed by atoms with van der Waals surface area (Å²) in [6.45, 7) is 8.30. The van der Waals surface area contributed by atoms with Crippen LogP contribution in [-0.4, -0.2) is 17.6 Å². The molecule has 1 aromatic heterocycles. The summed E-state index contributed by atoms with van der Waals surface area (Å²) in [5.41, 5.74) is 2.76. The Labute approximate surface area is 124 Å². The van der Waals surface area contributed by atoms with Crippen molar-refractivity contribution in [1.82, 2.24) is 5.16 Å². The van der Waals surface area contributed by atoms with Gasteiger partial charge in [-0.25, -0.2) is 0 Å². The normalized spacial score (nSPS) is 11.2. The van der Waals surface area contributed by atoms with Crippen molar-refractivity contribution < 1.29 is 9.32 Å². The smallest absolute Gasteiger partial charge is 0.246 e. The fraction of sp³-hybridized carbons (Fsp3) is 0.375. The minimum atomic E-state index is -0.173. The number of amides is 1. The van der Waals surface area contributed by atoms with E-state index in [1.807, 2.05) is 52.0 Å². The highest BCUT2D eigenvalue weighted by molar-refractivity contribution is 5.92. The maximum absolute atomic E-state index is 11.9. The molecule has 2 rings (SSSR count). The second-order valence-electron chi connectivity index (χ2n) is 6.10. The first-order chi connectivity index (χ1) is 9.84. The average Bonchev–Trinajstić information content (AvgIpc) is 2.85. The molecule has 5 nitrogen and oxygen atoms in total. The van der Waals surface area contributed by atoms with Gasteiger partial charge in [0.15, 0.2) is 0 Å². The van der Waals surface area contributed by atoms with Gasteiger partial charge >= 0.3 is 0 Å². The van der Waals surface area contributed by atoms with Crippen molar-refractivity contribution >= 4 is 17.5 Å². The zero-order valence-corrected chi connectivity index (χ0v) is 12.9. The van der Waals surface area contributed by atoms with E-state index in [0.717, 1.165) is 16.9 Å². The molecule has 0 aliphatic rings. The molecule has 0 bridgehead atoms. The van der Waals surface area contributed by atoms with Gasteiger partial charge in [-0.1, -0.05) is 38.1 Å². The Hall–Kier alpha value is -2.30. The standard InChI is InChI=1S/C16H21N3O2/c1-11-6-5-7-12(8-11)17-10-14(20)18-15-9-13(19-21-15)16(2,3)4/h5-9,17H,10H2,1-4H3,(H,18,20). The number of hydrogen-bond donors (Lipinski definition) is 2. The van der Waals surface area contributed by atoms with Crippen LogP contribution in [-0.2, 0) is 10.2 Å². The number of carbonyl (C=O) groups excluding carboxylic acids is 1. The monoisotopic (exact) mass is 287 g/mol. The Balaban J connectivity index is 1.89. The van der Waals surface area contributed by atoms with Gasteiger partial charge in [-0.2, -0.15) is 0 Å². The first-order valence-corrected chi connectivity index (χ1v) is 6.92. The van der Waals surface area contributed by atoms with Gasteiger partial charge in [0.05, 0.1) is 12.2 Å². The van der Waals surface area contributed by atoms with Crippen LogP contribution in [0, 0.1) is 6.92 Å². The summed E-state index contributed by atoms with van der Waals surface area (Å²) in [7, 11) is 0. The summed E-state index contributed by atoms with van der Waals surface area (Å²) in [5.74, 6) is 0.198. The number of rotatable bonds is 4. The fourth-order valence-electron chi connectivity index (χ4n) is 1.81. The van der Waals surface area contributed by atoms with E-state index in [0.29, 0.717) is 5.88 Å². The van der Waals surface area contributed by atoms with Gasteiger partial charge < -0.3 is 9.84 Å². The Morgan fingerprint density at radius 1 is 1.29 bits per heavy atom. The highest BCUT2D eigenvalue weighted by Gasteiger charge is 2.19. The molecule has 21 heavy (non-hydrogen) atoms. The second kappa shape index (κ2) is 5.99. The van der Waals surface area contributed by atoms with Gasteiger partial charge in [-0.15, -0.1) is 0 Å². The lowest BCUT2D eigenvalue weighted by molar-refractivity contribution is -0.114. The highest BCUT2D eigenvalue weighted by atomic mass is 16.5. The Morgan fingerprint density at radius 2 is 2.05 bits per heavy atom. The molecule has 0 saturated carbocycles. The third-order valence-electron chi connectivity index (χ3n) is 3.01. The van der Waals surface area contributed by atoms with Crippen molar-refractivity contribution in [1.29, 1.82) is 0 Å². The first kappa shape index (κ1) is 15.1. The zero-order valence-electron chi connectivity index (χ0n) is 12.9. The van der Waals surface area contributed by atoms with Crippen molar-refractivity contribution in [3.63, 3.8) is 0 Å². The third-order valence-corrected chi connectivity index (χ3v) is 3.01. The topological polar surface area (TPSA) is 67.2 Å². The van der Waals surface area contributed by atoms with E-state index in [1.165, 1.54) is 0 Å². The molecule has 1 heterocycles. The van der Waals surface area contributed by atoms with E-state index in [9.17, 15) is 4.79 Å². The van der Waals surface area contributed by atoms with E-state index in [1.54, 1.807) is 6.07 Å². The molecule has 0 aliphatic carbocycles. The molecule has 0 saturated heterocycles. The van der Waals surface area contributed by atoms with Gasteiger partial charge in [-0.05, 0) is 24.6 Å².